The monoisotopic (exact) mass is 294 g/mol. The van der Waals surface area contributed by atoms with Gasteiger partial charge in [0.05, 0.1) is 19.1 Å². The van der Waals surface area contributed by atoms with Crippen molar-refractivity contribution < 1.29 is 9.53 Å². The molecule has 0 N–H and O–H groups in total. The lowest BCUT2D eigenvalue weighted by Crippen LogP contribution is -2.41. The van der Waals surface area contributed by atoms with Crippen molar-refractivity contribution in [3.05, 3.63) is 71.8 Å². The van der Waals surface area contributed by atoms with Crippen LogP contribution < -0.4 is 0 Å². The van der Waals surface area contributed by atoms with E-state index in [1.54, 1.807) is 0 Å². The topological polar surface area (TPSA) is 51.0 Å². The highest BCUT2D eigenvalue weighted by atomic mass is 16.5. The Kier molecular flexibility index (Phi) is 3.75. The second kappa shape index (κ2) is 5.72. The highest BCUT2D eigenvalue weighted by Gasteiger charge is 2.55. The van der Waals surface area contributed by atoms with Crippen LogP contribution in [0.2, 0.25) is 0 Å². The van der Waals surface area contributed by atoms with Gasteiger partial charge < -0.3 is 4.74 Å². The molecule has 2 aromatic carbocycles. The molecule has 0 aromatic heterocycles. The van der Waals surface area contributed by atoms with Gasteiger partial charge in [-0.25, -0.2) is 4.79 Å². The van der Waals surface area contributed by atoms with Crippen LogP contribution >= 0.6 is 0 Å². The fraction of sp³-hybridized carbons (Fsp3) is 0.278. The largest absolute Gasteiger partial charge is 0.467 e. The Morgan fingerprint density at radius 2 is 1.64 bits per heavy atom. The molecule has 1 aliphatic heterocycles. The van der Waals surface area contributed by atoms with Crippen LogP contribution in [0.25, 0.3) is 0 Å². The zero-order chi connectivity index (χ0) is 15.6. The van der Waals surface area contributed by atoms with E-state index >= 15 is 0 Å². The lowest BCUT2D eigenvalue weighted by molar-refractivity contribution is -0.148. The molecule has 0 unspecified atom stereocenters. The zero-order valence-corrected chi connectivity index (χ0v) is 12.6. The van der Waals surface area contributed by atoms with Gasteiger partial charge in [0, 0.05) is 0 Å². The number of carbonyl (C=O) groups is 1. The Bertz CT molecular complexity index is 685. The minimum Gasteiger partial charge on any atom is -0.467 e. The average Bonchev–Trinajstić information content (AvgIpc) is 2.94. The molecule has 0 fully saturated rings. The molecular weight excluding hydrogens is 276 g/mol. The zero-order valence-electron chi connectivity index (χ0n) is 12.6. The van der Waals surface area contributed by atoms with Gasteiger partial charge in [-0.1, -0.05) is 60.7 Å². The number of esters is 1. The van der Waals surface area contributed by atoms with Crippen LogP contribution in [0.3, 0.4) is 0 Å². The molecule has 0 saturated heterocycles. The van der Waals surface area contributed by atoms with E-state index in [4.69, 9.17) is 4.74 Å². The Morgan fingerprint density at radius 1 is 1.05 bits per heavy atom. The van der Waals surface area contributed by atoms with Gasteiger partial charge in [-0.05, 0) is 18.1 Å². The smallest absolute Gasteiger partial charge is 0.341 e. The third-order valence-corrected chi connectivity index (χ3v) is 4.20. The molecule has 2 aromatic rings. The van der Waals surface area contributed by atoms with Crippen LogP contribution in [0.5, 0.6) is 0 Å². The number of ether oxygens (including phenoxy) is 1. The van der Waals surface area contributed by atoms with E-state index in [-0.39, 0.29) is 17.9 Å². The predicted molar refractivity (Wildman–Crippen MR) is 83.6 cm³/mol. The van der Waals surface area contributed by atoms with Gasteiger partial charge in [-0.2, -0.15) is 10.2 Å². The van der Waals surface area contributed by atoms with Gasteiger partial charge in [0.2, 0.25) is 5.54 Å². The number of hydrogen-bond donors (Lipinski definition) is 0. The first-order chi connectivity index (χ1) is 10.7. The van der Waals surface area contributed by atoms with E-state index in [1.165, 1.54) is 7.11 Å². The number of rotatable bonds is 3. The van der Waals surface area contributed by atoms with Gasteiger partial charge in [0.1, 0.15) is 0 Å². The van der Waals surface area contributed by atoms with E-state index in [9.17, 15) is 4.79 Å². The summed E-state index contributed by atoms with van der Waals surface area (Å²) in [6.07, 6.45) is 0. The highest BCUT2D eigenvalue weighted by molar-refractivity contribution is 5.85. The van der Waals surface area contributed by atoms with Gasteiger partial charge in [-0.15, -0.1) is 0 Å². The molecule has 0 bridgehead atoms. The molecule has 0 aliphatic carbocycles. The van der Waals surface area contributed by atoms with E-state index in [2.05, 4.69) is 10.2 Å². The molecule has 0 radical (unpaired) electrons. The quantitative estimate of drug-likeness (QED) is 0.811. The Balaban J connectivity index is 2.20. The Hall–Kier alpha value is -2.49. The van der Waals surface area contributed by atoms with Crippen LogP contribution in [-0.4, -0.2) is 19.1 Å². The van der Waals surface area contributed by atoms with Crippen LogP contribution in [0, 0.1) is 0 Å². The summed E-state index contributed by atoms with van der Waals surface area (Å²) < 4.78 is 5.10. The fourth-order valence-electron chi connectivity index (χ4n) is 3.21. The Labute approximate surface area is 129 Å². The van der Waals surface area contributed by atoms with E-state index in [0.29, 0.717) is 0 Å². The SMILES string of the molecule is COC(=O)[C@@]1(c2ccccc2)N=N[C@@H](C)[C@@H]1c1ccccc1. The van der Waals surface area contributed by atoms with Gasteiger partial charge in [0.25, 0.3) is 0 Å². The highest BCUT2D eigenvalue weighted by Crippen LogP contribution is 2.48. The van der Waals surface area contributed by atoms with Crippen molar-refractivity contribution in [1.82, 2.24) is 0 Å². The van der Waals surface area contributed by atoms with Crippen molar-refractivity contribution in [3.63, 3.8) is 0 Å². The summed E-state index contributed by atoms with van der Waals surface area (Å²) in [7, 11) is 1.40. The van der Waals surface area contributed by atoms with E-state index < -0.39 is 5.54 Å². The van der Waals surface area contributed by atoms with Crippen LogP contribution in [0.4, 0.5) is 0 Å². The molecule has 0 saturated carbocycles. The third kappa shape index (κ3) is 2.11. The minimum absolute atomic E-state index is 0.0956. The molecule has 3 atom stereocenters. The number of carbonyl (C=O) groups excluding carboxylic acids is 1. The van der Waals surface area contributed by atoms with Crippen molar-refractivity contribution in [2.45, 2.75) is 24.4 Å². The number of azo groups is 1. The first-order valence-corrected chi connectivity index (χ1v) is 7.31. The molecule has 0 spiro atoms. The van der Waals surface area contributed by atoms with Crippen molar-refractivity contribution in [2.75, 3.05) is 7.11 Å². The first-order valence-electron chi connectivity index (χ1n) is 7.31. The number of hydrogen-bond acceptors (Lipinski definition) is 4. The van der Waals surface area contributed by atoms with E-state index in [0.717, 1.165) is 11.1 Å². The second-order valence-electron chi connectivity index (χ2n) is 5.47. The molecule has 112 valence electrons. The van der Waals surface area contributed by atoms with Crippen molar-refractivity contribution >= 4 is 5.97 Å². The summed E-state index contributed by atoms with van der Waals surface area (Å²) in [5.41, 5.74) is 0.731. The summed E-state index contributed by atoms with van der Waals surface area (Å²) in [6.45, 7) is 1.98. The summed E-state index contributed by atoms with van der Waals surface area (Å²) >= 11 is 0. The van der Waals surface area contributed by atoms with Crippen LogP contribution in [0.1, 0.15) is 24.0 Å². The van der Waals surface area contributed by atoms with Crippen molar-refractivity contribution in [2.24, 2.45) is 10.2 Å². The number of nitrogens with zero attached hydrogens (tertiary/aromatic N) is 2. The molecule has 4 nitrogen and oxygen atoms in total. The fourth-order valence-corrected chi connectivity index (χ4v) is 3.21. The summed E-state index contributed by atoms with van der Waals surface area (Å²) in [4.78, 5) is 12.7. The lowest BCUT2D eigenvalue weighted by atomic mass is 9.73. The molecule has 1 aliphatic rings. The van der Waals surface area contributed by atoms with E-state index in [1.807, 2.05) is 67.6 Å². The first kappa shape index (κ1) is 14.4. The summed E-state index contributed by atoms with van der Waals surface area (Å²) in [5.74, 6) is -0.552. The third-order valence-electron chi connectivity index (χ3n) is 4.20. The standard InChI is InChI=1S/C18H18N2O2/c1-13-16(14-9-5-3-6-10-14)18(20-19-13,17(21)22-2)15-11-7-4-8-12-15/h3-13,16H,1-2H3/t13-,16+,18-/m0/s1. The maximum atomic E-state index is 12.7. The molecule has 4 heteroatoms. The molecular formula is C18H18N2O2. The molecule has 22 heavy (non-hydrogen) atoms. The average molecular weight is 294 g/mol. The molecule has 3 rings (SSSR count). The summed E-state index contributed by atoms with van der Waals surface area (Å²) in [6, 6.07) is 19.4. The van der Waals surface area contributed by atoms with Gasteiger partial charge >= 0.3 is 5.97 Å². The minimum atomic E-state index is -1.11. The lowest BCUT2D eigenvalue weighted by Gasteiger charge is -2.31. The van der Waals surface area contributed by atoms with Crippen molar-refractivity contribution in [1.29, 1.82) is 0 Å². The van der Waals surface area contributed by atoms with Crippen LogP contribution in [0.15, 0.2) is 70.9 Å². The number of methoxy groups -OCH3 is 1. The predicted octanol–water partition coefficient (Wildman–Crippen LogP) is 3.69. The second-order valence-corrected chi connectivity index (χ2v) is 5.47. The Morgan fingerprint density at radius 3 is 2.23 bits per heavy atom. The van der Waals surface area contributed by atoms with Gasteiger partial charge in [-0.3, -0.25) is 0 Å². The summed E-state index contributed by atoms with van der Waals surface area (Å²) in [5, 5.41) is 8.71. The maximum absolute atomic E-state index is 12.7. The normalized spacial score (nSPS) is 26.8. The maximum Gasteiger partial charge on any atom is 0.341 e. The van der Waals surface area contributed by atoms with Crippen molar-refractivity contribution in [3.8, 4) is 0 Å². The molecule has 1 heterocycles. The van der Waals surface area contributed by atoms with Crippen LogP contribution in [-0.2, 0) is 15.1 Å². The van der Waals surface area contributed by atoms with Gasteiger partial charge in [0.15, 0.2) is 0 Å². The number of benzene rings is 2. The molecule has 0 amide bonds.